The van der Waals surface area contributed by atoms with Crippen molar-refractivity contribution in [2.24, 2.45) is 0 Å². The van der Waals surface area contributed by atoms with Crippen molar-refractivity contribution in [1.82, 2.24) is 4.31 Å². The molecule has 4 rings (SSSR count). The fourth-order valence-corrected chi connectivity index (χ4v) is 6.36. The Morgan fingerprint density at radius 2 is 1.43 bits per heavy atom. The summed E-state index contributed by atoms with van der Waals surface area (Å²) in [7, 11) is -7.52. The largest absolute Gasteiger partial charge is 0.279 e. The van der Waals surface area contributed by atoms with Crippen LogP contribution in [0.4, 0.5) is 5.69 Å². The number of hydrogen-bond donors (Lipinski definition) is 1. The monoisotopic (exact) mass is 444 g/mol. The van der Waals surface area contributed by atoms with Crippen LogP contribution in [-0.4, -0.2) is 34.2 Å². The number of nitrogens with zero attached hydrogens (tertiary/aromatic N) is 1. The zero-order chi connectivity index (χ0) is 21.4. The molecule has 3 aromatic rings. The van der Waals surface area contributed by atoms with Crippen molar-refractivity contribution in [1.29, 1.82) is 0 Å². The SMILES string of the molecule is Cc1ccc(S(=O)(=O)N2CCCCC2)cc1NS(=O)(=O)c1ccc2ccccc2c1. The van der Waals surface area contributed by atoms with E-state index in [2.05, 4.69) is 4.72 Å². The smallest absolute Gasteiger partial charge is 0.261 e. The topological polar surface area (TPSA) is 83.6 Å². The Bertz CT molecular complexity index is 1300. The van der Waals surface area contributed by atoms with Gasteiger partial charge in [0.05, 0.1) is 15.5 Å². The van der Waals surface area contributed by atoms with Gasteiger partial charge in [0.15, 0.2) is 0 Å². The zero-order valence-corrected chi connectivity index (χ0v) is 18.3. The second-order valence-electron chi connectivity index (χ2n) is 7.56. The first-order valence-electron chi connectivity index (χ1n) is 9.90. The van der Waals surface area contributed by atoms with Gasteiger partial charge in [0.25, 0.3) is 10.0 Å². The number of anilines is 1. The molecule has 1 aliphatic rings. The van der Waals surface area contributed by atoms with E-state index in [-0.39, 0.29) is 15.5 Å². The minimum atomic E-state index is -3.87. The van der Waals surface area contributed by atoms with Crippen molar-refractivity contribution in [2.45, 2.75) is 36.0 Å². The predicted molar refractivity (Wildman–Crippen MR) is 119 cm³/mol. The molecule has 0 amide bonds. The lowest BCUT2D eigenvalue weighted by Gasteiger charge is -2.26. The van der Waals surface area contributed by atoms with Gasteiger partial charge in [-0.1, -0.05) is 42.8 Å². The molecule has 0 spiro atoms. The van der Waals surface area contributed by atoms with Crippen molar-refractivity contribution in [3.8, 4) is 0 Å². The highest BCUT2D eigenvalue weighted by atomic mass is 32.2. The number of piperidine rings is 1. The van der Waals surface area contributed by atoms with Gasteiger partial charge < -0.3 is 0 Å². The van der Waals surface area contributed by atoms with Gasteiger partial charge in [-0.15, -0.1) is 0 Å². The summed E-state index contributed by atoms with van der Waals surface area (Å²) in [6.45, 7) is 2.73. The predicted octanol–water partition coefficient (Wildman–Crippen LogP) is 4.12. The fraction of sp³-hybridized carbons (Fsp3) is 0.273. The van der Waals surface area contributed by atoms with Gasteiger partial charge in [-0.2, -0.15) is 4.31 Å². The molecule has 0 aliphatic carbocycles. The van der Waals surface area contributed by atoms with Crippen LogP contribution in [0.5, 0.6) is 0 Å². The van der Waals surface area contributed by atoms with E-state index in [1.807, 2.05) is 24.3 Å². The molecule has 1 heterocycles. The van der Waals surface area contributed by atoms with E-state index < -0.39 is 20.0 Å². The van der Waals surface area contributed by atoms with Crippen LogP contribution in [-0.2, 0) is 20.0 Å². The Balaban J connectivity index is 1.67. The van der Waals surface area contributed by atoms with Crippen LogP contribution in [0.3, 0.4) is 0 Å². The number of fused-ring (bicyclic) bond motifs is 1. The first-order chi connectivity index (χ1) is 14.3. The maximum atomic E-state index is 13.0. The second-order valence-corrected chi connectivity index (χ2v) is 11.2. The molecule has 0 unspecified atom stereocenters. The molecule has 1 fully saturated rings. The molecule has 30 heavy (non-hydrogen) atoms. The highest BCUT2D eigenvalue weighted by Crippen LogP contribution is 2.27. The van der Waals surface area contributed by atoms with Crippen LogP contribution >= 0.6 is 0 Å². The molecule has 0 bridgehead atoms. The summed E-state index contributed by atoms with van der Waals surface area (Å²) in [5.74, 6) is 0. The molecule has 1 N–H and O–H groups in total. The summed E-state index contributed by atoms with van der Waals surface area (Å²) in [4.78, 5) is 0.233. The number of hydrogen-bond acceptors (Lipinski definition) is 4. The molecule has 0 saturated carbocycles. The Morgan fingerprint density at radius 1 is 0.767 bits per heavy atom. The van der Waals surface area contributed by atoms with Gasteiger partial charge in [-0.25, -0.2) is 16.8 Å². The fourth-order valence-electron chi connectivity index (χ4n) is 3.66. The van der Waals surface area contributed by atoms with Gasteiger partial charge in [0.2, 0.25) is 10.0 Å². The van der Waals surface area contributed by atoms with Crippen molar-refractivity contribution < 1.29 is 16.8 Å². The zero-order valence-electron chi connectivity index (χ0n) is 16.7. The lowest BCUT2D eigenvalue weighted by Crippen LogP contribution is -2.35. The van der Waals surface area contributed by atoms with Gasteiger partial charge in [-0.05, 0) is 60.4 Å². The van der Waals surface area contributed by atoms with E-state index in [9.17, 15) is 16.8 Å². The van der Waals surface area contributed by atoms with E-state index in [0.29, 0.717) is 18.7 Å². The first kappa shape index (κ1) is 20.8. The molecular formula is C22H24N2O4S2. The molecule has 8 heteroatoms. The maximum Gasteiger partial charge on any atom is 0.261 e. The Morgan fingerprint density at radius 3 is 2.17 bits per heavy atom. The van der Waals surface area contributed by atoms with Crippen LogP contribution in [0, 0.1) is 6.92 Å². The highest BCUT2D eigenvalue weighted by Gasteiger charge is 2.27. The van der Waals surface area contributed by atoms with Crippen LogP contribution < -0.4 is 4.72 Å². The summed E-state index contributed by atoms with van der Waals surface area (Å²) in [6.07, 6.45) is 2.70. The van der Waals surface area contributed by atoms with Gasteiger partial charge >= 0.3 is 0 Å². The molecule has 3 aromatic carbocycles. The van der Waals surface area contributed by atoms with Crippen molar-refractivity contribution in [3.05, 3.63) is 66.2 Å². The molecule has 0 radical (unpaired) electrons. The van der Waals surface area contributed by atoms with Crippen LogP contribution in [0.25, 0.3) is 10.8 Å². The van der Waals surface area contributed by atoms with Crippen LogP contribution in [0.15, 0.2) is 70.5 Å². The van der Waals surface area contributed by atoms with Crippen molar-refractivity contribution >= 4 is 36.5 Å². The molecule has 1 saturated heterocycles. The lowest BCUT2D eigenvalue weighted by atomic mass is 10.1. The van der Waals surface area contributed by atoms with Gasteiger partial charge in [-0.3, -0.25) is 4.72 Å². The van der Waals surface area contributed by atoms with E-state index in [1.54, 1.807) is 31.2 Å². The number of aryl methyl sites for hydroxylation is 1. The molecular weight excluding hydrogens is 420 g/mol. The average molecular weight is 445 g/mol. The summed E-state index contributed by atoms with van der Waals surface area (Å²) in [5, 5.41) is 1.76. The van der Waals surface area contributed by atoms with E-state index in [0.717, 1.165) is 30.0 Å². The van der Waals surface area contributed by atoms with Crippen molar-refractivity contribution in [3.63, 3.8) is 0 Å². The third kappa shape index (κ3) is 4.08. The number of rotatable bonds is 5. The Kier molecular flexibility index (Phi) is 5.57. The van der Waals surface area contributed by atoms with Crippen LogP contribution in [0.2, 0.25) is 0 Å². The quantitative estimate of drug-likeness (QED) is 0.642. The van der Waals surface area contributed by atoms with Gasteiger partial charge in [0.1, 0.15) is 0 Å². The van der Waals surface area contributed by atoms with Gasteiger partial charge in [0, 0.05) is 13.1 Å². The summed E-state index contributed by atoms with van der Waals surface area (Å²) >= 11 is 0. The molecule has 0 atom stereocenters. The van der Waals surface area contributed by atoms with E-state index in [1.165, 1.54) is 16.4 Å². The average Bonchev–Trinajstić information content (AvgIpc) is 2.75. The minimum absolute atomic E-state index is 0.103. The molecule has 0 aromatic heterocycles. The van der Waals surface area contributed by atoms with E-state index in [4.69, 9.17) is 0 Å². The minimum Gasteiger partial charge on any atom is -0.279 e. The normalized spacial score (nSPS) is 15.9. The third-order valence-electron chi connectivity index (χ3n) is 5.44. The maximum absolute atomic E-state index is 13.0. The summed E-state index contributed by atoms with van der Waals surface area (Å²) in [5.41, 5.74) is 0.915. The Labute approximate surface area is 177 Å². The number of nitrogens with one attached hydrogen (secondary N) is 1. The third-order valence-corrected chi connectivity index (χ3v) is 8.70. The van der Waals surface area contributed by atoms with Crippen molar-refractivity contribution in [2.75, 3.05) is 17.8 Å². The molecule has 1 aliphatic heterocycles. The van der Waals surface area contributed by atoms with E-state index >= 15 is 0 Å². The standard InChI is InChI=1S/C22H24N2O4S2/c1-17-9-11-21(30(27,28)24-13-5-2-6-14-24)16-22(17)23-29(25,26)20-12-10-18-7-3-4-8-19(18)15-20/h3-4,7-12,15-16,23H,2,5-6,13-14H2,1H3. The van der Waals surface area contributed by atoms with Crippen LogP contribution in [0.1, 0.15) is 24.8 Å². The number of sulfonamides is 2. The molecule has 6 nitrogen and oxygen atoms in total. The number of benzene rings is 3. The highest BCUT2D eigenvalue weighted by molar-refractivity contribution is 7.92. The Hall–Kier alpha value is -2.42. The summed E-state index contributed by atoms with van der Waals surface area (Å²) < 4.78 is 56.0. The second kappa shape index (κ2) is 8.02. The summed E-state index contributed by atoms with van der Waals surface area (Å²) in [6, 6.07) is 17.0. The lowest BCUT2D eigenvalue weighted by molar-refractivity contribution is 0.346. The molecule has 158 valence electrons. The first-order valence-corrected chi connectivity index (χ1v) is 12.8.